The van der Waals surface area contributed by atoms with Crippen LogP contribution in [0.1, 0.15) is 84.1 Å². The Morgan fingerprint density at radius 2 is 1.83 bits per heavy atom. The third-order valence-electron chi connectivity index (χ3n) is 6.70. The molecule has 8 nitrogen and oxygen atoms in total. The first-order valence-electron chi connectivity index (χ1n) is 13.5. The second kappa shape index (κ2) is 13.8. The van der Waals surface area contributed by atoms with Gasteiger partial charge in [-0.3, -0.25) is 4.79 Å². The van der Waals surface area contributed by atoms with Gasteiger partial charge < -0.3 is 29.6 Å². The van der Waals surface area contributed by atoms with Gasteiger partial charge >= 0.3 is 12.1 Å². The molecule has 0 radical (unpaired) electrons. The van der Waals surface area contributed by atoms with Crippen LogP contribution in [0, 0.1) is 0 Å². The van der Waals surface area contributed by atoms with Gasteiger partial charge in [0.25, 0.3) is 0 Å². The second-order valence-corrected chi connectivity index (χ2v) is 10.7. The van der Waals surface area contributed by atoms with Crippen molar-refractivity contribution in [1.29, 1.82) is 0 Å². The summed E-state index contributed by atoms with van der Waals surface area (Å²) >= 11 is 0. The highest BCUT2D eigenvalue weighted by Crippen LogP contribution is 2.38. The van der Waals surface area contributed by atoms with Crippen LogP contribution < -0.4 is 15.4 Å². The molecule has 1 saturated heterocycles. The predicted molar refractivity (Wildman–Crippen MR) is 138 cm³/mol. The molecule has 2 N–H and O–H groups in total. The zero-order valence-corrected chi connectivity index (χ0v) is 22.3. The third kappa shape index (κ3) is 9.28. The van der Waals surface area contributed by atoms with Crippen molar-refractivity contribution in [2.24, 2.45) is 0 Å². The number of nitrogens with one attached hydrogen (secondary N) is 2. The van der Waals surface area contributed by atoms with Crippen molar-refractivity contribution in [3.8, 4) is 5.75 Å². The molecule has 1 aromatic carbocycles. The van der Waals surface area contributed by atoms with E-state index >= 15 is 0 Å². The number of carbonyl (C=O) groups is 2. The number of carbonyl (C=O) groups excluding carboxylic acids is 2. The number of benzene rings is 1. The Bertz CT molecular complexity index is 832. The summed E-state index contributed by atoms with van der Waals surface area (Å²) in [5.41, 5.74) is 0.692. The van der Waals surface area contributed by atoms with Crippen LogP contribution in [0.2, 0.25) is 0 Å². The Labute approximate surface area is 215 Å². The minimum Gasteiger partial charge on any atom is -0.493 e. The highest BCUT2D eigenvalue weighted by atomic mass is 16.6. The summed E-state index contributed by atoms with van der Waals surface area (Å²) in [6.45, 7) is 9.63. The number of esters is 1. The molecule has 0 unspecified atom stereocenters. The van der Waals surface area contributed by atoms with E-state index in [4.69, 9.17) is 18.9 Å². The zero-order chi connectivity index (χ0) is 26.0. The maximum atomic E-state index is 12.3. The Morgan fingerprint density at radius 1 is 1.08 bits per heavy atom. The highest BCUT2D eigenvalue weighted by Gasteiger charge is 2.30. The van der Waals surface area contributed by atoms with Gasteiger partial charge in [-0.15, -0.1) is 0 Å². The van der Waals surface area contributed by atoms with Crippen molar-refractivity contribution in [2.75, 3.05) is 26.4 Å². The van der Waals surface area contributed by atoms with Crippen molar-refractivity contribution in [3.05, 3.63) is 29.8 Å². The molecule has 1 amide bonds. The average molecular weight is 505 g/mol. The number of ether oxygens (including phenoxy) is 4. The summed E-state index contributed by atoms with van der Waals surface area (Å²) in [5, 5.41) is 6.54. The first kappa shape index (κ1) is 28.3. The van der Waals surface area contributed by atoms with Gasteiger partial charge in [-0.2, -0.15) is 0 Å². The maximum Gasteiger partial charge on any atom is 0.407 e. The third-order valence-corrected chi connectivity index (χ3v) is 6.70. The van der Waals surface area contributed by atoms with Crippen LogP contribution in [0.3, 0.4) is 0 Å². The topological polar surface area (TPSA) is 95.1 Å². The second-order valence-electron chi connectivity index (χ2n) is 10.7. The van der Waals surface area contributed by atoms with Crippen LogP contribution >= 0.6 is 0 Å². The van der Waals surface area contributed by atoms with Crippen LogP contribution in [0.5, 0.6) is 5.75 Å². The molecule has 3 rings (SSSR count). The number of piperidine rings is 1. The lowest BCUT2D eigenvalue weighted by Crippen LogP contribution is -2.56. The molecule has 1 aliphatic carbocycles. The maximum absolute atomic E-state index is 12.3. The van der Waals surface area contributed by atoms with Crippen molar-refractivity contribution in [2.45, 2.75) is 102 Å². The van der Waals surface area contributed by atoms with Gasteiger partial charge in [0.15, 0.2) is 0 Å². The molecule has 0 spiro atoms. The average Bonchev–Trinajstić information content (AvgIpc) is 2.83. The van der Waals surface area contributed by atoms with Gasteiger partial charge in [-0.25, -0.2) is 4.79 Å². The van der Waals surface area contributed by atoms with Crippen LogP contribution in [-0.4, -0.2) is 62.2 Å². The Hall–Kier alpha value is -2.32. The fourth-order valence-corrected chi connectivity index (χ4v) is 4.97. The lowest BCUT2D eigenvalue weighted by molar-refractivity contribution is -0.143. The van der Waals surface area contributed by atoms with Gasteiger partial charge in [0.1, 0.15) is 11.4 Å². The molecule has 0 bridgehead atoms. The van der Waals surface area contributed by atoms with E-state index < -0.39 is 5.60 Å². The molecule has 1 heterocycles. The van der Waals surface area contributed by atoms with Crippen LogP contribution in [0.25, 0.3) is 0 Å². The number of hydrogen-bond donors (Lipinski definition) is 2. The first-order valence-corrected chi connectivity index (χ1v) is 13.5. The van der Waals surface area contributed by atoms with E-state index in [0.717, 1.165) is 50.8 Å². The van der Waals surface area contributed by atoms with Gasteiger partial charge in [0, 0.05) is 6.04 Å². The standard InChI is InChI=1S/C28H44N2O6/c1-5-33-26(31)16-18-34-25-11-7-6-9-22(25)20-12-14-21(15-13-20)35-19-24-23(10-8-17-29-24)30-27(32)36-28(2,3)4/h6-7,9,11,20-21,23-24,29H,5,8,10,12-19H2,1-4H3,(H,30,32)/t20-,21+,23-,24-/m0/s1. The van der Waals surface area contributed by atoms with E-state index in [-0.39, 0.29) is 36.7 Å². The van der Waals surface area contributed by atoms with Crippen LogP contribution in [-0.2, 0) is 19.0 Å². The van der Waals surface area contributed by atoms with E-state index in [2.05, 4.69) is 16.7 Å². The first-order chi connectivity index (χ1) is 17.2. The van der Waals surface area contributed by atoms with Gasteiger partial charge in [-0.05, 0) is 90.3 Å². The lowest BCUT2D eigenvalue weighted by atomic mass is 9.82. The molecule has 1 aliphatic heterocycles. The summed E-state index contributed by atoms with van der Waals surface area (Å²) in [5.74, 6) is 1.04. The predicted octanol–water partition coefficient (Wildman–Crippen LogP) is 4.71. The van der Waals surface area contributed by atoms with E-state index in [9.17, 15) is 9.59 Å². The molecule has 2 fully saturated rings. The van der Waals surface area contributed by atoms with Crippen molar-refractivity contribution in [3.63, 3.8) is 0 Å². The monoisotopic (exact) mass is 504 g/mol. The summed E-state index contributed by atoms with van der Waals surface area (Å²) in [6.07, 6.45) is 6.05. The molecule has 1 saturated carbocycles. The molecule has 8 heteroatoms. The van der Waals surface area contributed by atoms with E-state index in [1.54, 1.807) is 6.92 Å². The molecular formula is C28H44N2O6. The highest BCUT2D eigenvalue weighted by molar-refractivity contribution is 5.69. The fraction of sp³-hybridized carbons (Fsp3) is 0.714. The largest absolute Gasteiger partial charge is 0.493 e. The molecule has 202 valence electrons. The molecule has 1 aromatic rings. The van der Waals surface area contributed by atoms with Crippen LogP contribution in [0.4, 0.5) is 4.79 Å². The molecule has 36 heavy (non-hydrogen) atoms. The fourth-order valence-electron chi connectivity index (χ4n) is 4.97. The summed E-state index contributed by atoms with van der Waals surface area (Å²) in [7, 11) is 0. The minimum absolute atomic E-state index is 0.00331. The van der Waals surface area contributed by atoms with Gasteiger partial charge in [0.2, 0.25) is 0 Å². The van der Waals surface area contributed by atoms with Crippen molar-refractivity contribution in [1.82, 2.24) is 10.6 Å². The summed E-state index contributed by atoms with van der Waals surface area (Å²) < 4.78 is 22.7. The van der Waals surface area contributed by atoms with E-state index in [1.807, 2.05) is 39.0 Å². The Kier molecular flexibility index (Phi) is 10.9. The normalized spacial score (nSPS) is 24.6. The quantitative estimate of drug-likeness (QED) is 0.446. The van der Waals surface area contributed by atoms with Crippen molar-refractivity contribution < 1.29 is 28.5 Å². The summed E-state index contributed by atoms with van der Waals surface area (Å²) in [6, 6.07) is 8.21. The van der Waals surface area contributed by atoms with E-state index in [0.29, 0.717) is 25.7 Å². The number of rotatable bonds is 10. The minimum atomic E-state index is -0.513. The Morgan fingerprint density at radius 3 is 2.56 bits per heavy atom. The molecule has 0 aromatic heterocycles. The molecular weight excluding hydrogens is 460 g/mol. The number of alkyl carbamates (subject to hydrolysis) is 1. The lowest BCUT2D eigenvalue weighted by Gasteiger charge is -2.36. The smallest absolute Gasteiger partial charge is 0.407 e. The van der Waals surface area contributed by atoms with Crippen LogP contribution in [0.15, 0.2) is 24.3 Å². The Balaban J connectivity index is 1.45. The van der Waals surface area contributed by atoms with E-state index in [1.165, 1.54) is 5.56 Å². The number of amides is 1. The van der Waals surface area contributed by atoms with Gasteiger partial charge in [-0.1, -0.05) is 18.2 Å². The van der Waals surface area contributed by atoms with Gasteiger partial charge in [0.05, 0.1) is 38.4 Å². The summed E-state index contributed by atoms with van der Waals surface area (Å²) in [4.78, 5) is 23.9. The molecule has 2 aliphatic rings. The zero-order valence-electron chi connectivity index (χ0n) is 22.3. The van der Waals surface area contributed by atoms with Crippen molar-refractivity contribution >= 4 is 12.1 Å². The number of hydrogen-bond acceptors (Lipinski definition) is 7. The SMILES string of the molecule is CCOC(=O)CCOc1ccccc1[C@H]1CC[C@@H](OC[C@@H]2NCCC[C@@H]2NC(=O)OC(C)(C)C)CC1. The molecule has 2 atom stereocenters. The number of para-hydroxylation sites is 1.